The van der Waals surface area contributed by atoms with E-state index in [1.807, 2.05) is 40.1 Å². The second-order valence-corrected chi connectivity index (χ2v) is 25.0. The zero-order valence-corrected chi connectivity index (χ0v) is 58.3. The van der Waals surface area contributed by atoms with Crippen molar-refractivity contribution in [2.24, 2.45) is 0 Å². The van der Waals surface area contributed by atoms with E-state index in [-0.39, 0.29) is 49.8 Å². The Morgan fingerprint density at radius 1 is 0.505 bits per heavy atom. The number of fused-ring (bicyclic) bond motifs is 1. The Morgan fingerprint density at radius 2 is 0.892 bits per heavy atom. The molecule has 30 heteroatoms. The van der Waals surface area contributed by atoms with Crippen molar-refractivity contribution in [2.75, 3.05) is 76.1 Å². The van der Waals surface area contributed by atoms with Crippen molar-refractivity contribution in [3.05, 3.63) is 204 Å². The number of aliphatic hydroxyl groups is 2. The van der Waals surface area contributed by atoms with E-state index in [0.29, 0.717) is 89.8 Å². The molecule has 22 nitrogen and oxygen atoms in total. The maximum absolute atomic E-state index is 11.3. The van der Waals surface area contributed by atoms with Crippen LogP contribution in [0.1, 0.15) is 53.5 Å². The molecule has 11 heterocycles. The zero-order chi connectivity index (χ0) is 66.7. The predicted octanol–water partition coefficient (Wildman–Crippen LogP) is 10.2. The number of halogens is 8. The van der Waals surface area contributed by atoms with Gasteiger partial charge in [0.2, 0.25) is 0 Å². The molecule has 6 aliphatic rings. The van der Waals surface area contributed by atoms with E-state index in [0.717, 1.165) is 107 Å². The molecular formula is C63H66BrCl6IN10O12. The lowest BCUT2D eigenvalue weighted by molar-refractivity contribution is -0.140. The summed E-state index contributed by atoms with van der Waals surface area (Å²) >= 11 is 40.1. The molecule has 2 N–H and O–H groups in total. The summed E-state index contributed by atoms with van der Waals surface area (Å²) in [5.74, 6) is -0.937. The largest absolute Gasteiger partial charge is 0.456 e. The molecule has 5 aromatic heterocycles. The molecular weight excluding hydrogens is 1510 g/mol. The van der Waals surface area contributed by atoms with Crippen LogP contribution in [-0.2, 0) is 80.4 Å². The van der Waals surface area contributed by atoms with Gasteiger partial charge in [-0.3, -0.25) is 0 Å². The SMILES string of the molecule is O=C1C=C(N(CCCCl)Cc2ccc(Cl)nc2)CO1.O=C1C=C(N(CCCI)Cc2ccc(Cl)nc2)CO1.O=C1C=C(N(CCO)Cc2ccc(Cl)nc2)C(Br)O1.O=C1C=C(N(CCO)Cc2ccc(Cl)nc2)CO1.O=C1C=C2C(CCCN2Cc2ccc(Cl)nc2)O1. The summed E-state index contributed by atoms with van der Waals surface area (Å²) in [7, 11) is 0. The first-order chi connectivity index (χ1) is 44.9. The van der Waals surface area contributed by atoms with Crippen LogP contribution in [0.3, 0.4) is 0 Å². The van der Waals surface area contributed by atoms with Gasteiger partial charge in [0.1, 0.15) is 51.7 Å². The second-order valence-electron chi connectivity index (χ2n) is 20.8. The van der Waals surface area contributed by atoms with Crippen molar-refractivity contribution < 1.29 is 57.9 Å². The van der Waals surface area contributed by atoms with Crippen molar-refractivity contribution in [1.29, 1.82) is 0 Å². The molecule has 2 atom stereocenters. The minimum atomic E-state index is -0.480. The summed E-state index contributed by atoms with van der Waals surface area (Å²) in [5.41, 5.74) is 9.33. The fourth-order valence-electron chi connectivity index (χ4n) is 9.59. The highest BCUT2D eigenvalue weighted by atomic mass is 127. The number of aliphatic hydroxyl groups excluding tert-OH is 2. The number of ether oxygens (including phenoxy) is 5. The van der Waals surface area contributed by atoms with Crippen LogP contribution >= 0.6 is 108 Å². The van der Waals surface area contributed by atoms with Gasteiger partial charge < -0.3 is 58.4 Å². The van der Waals surface area contributed by atoms with Gasteiger partial charge in [-0.2, -0.15) is 0 Å². The number of likely N-dealkylation sites (tertiary alicyclic amines) is 1. The third-order valence-electron chi connectivity index (χ3n) is 14.0. The van der Waals surface area contributed by atoms with Crippen LogP contribution < -0.4 is 0 Å². The van der Waals surface area contributed by atoms with Crippen LogP contribution in [0.25, 0.3) is 0 Å². The third kappa shape index (κ3) is 25.1. The Balaban J connectivity index is 0.000000165. The van der Waals surface area contributed by atoms with Gasteiger partial charge in [-0.1, -0.05) is 111 Å². The Bertz CT molecular complexity index is 3320. The van der Waals surface area contributed by atoms with Crippen molar-refractivity contribution in [3.63, 3.8) is 0 Å². The monoisotopic (exact) mass is 1570 g/mol. The topological polar surface area (TPSA) is 253 Å². The Hall–Kier alpha value is -6.33. The predicted molar refractivity (Wildman–Crippen MR) is 363 cm³/mol. The first-order valence-electron chi connectivity index (χ1n) is 29.1. The molecule has 1 saturated heterocycles. The van der Waals surface area contributed by atoms with Crippen LogP contribution in [0.15, 0.2) is 151 Å². The standard InChI is InChI=1S/C13H14Cl2N2O2.C13H14ClIN2O2.C13H13ClN2O2.C12H12BrClN2O3.C12H13ClN2O3/c14-4-1-5-17(11-6-13(18)19-9-11)8-10-2-3-12(15)16-7-10;14-12-3-2-10(7-16-12)8-17(5-1-4-15)11-6-13(18)19-9-11;14-12-4-3-9(7-15-12)8-16-5-1-2-11-10(16)6-13(17)18-11;13-12-9(5-11(18)19-12)16(3-4-17)7-8-1-2-10(14)15-6-8;13-11-2-1-9(6-14-11)7-15(3-4-16)10-5-12(17)18-8-10/h2*2-3,6-7H,1,4-5,8-9H2;3-4,6-7,11H,1-2,5,8H2;1-2,5-6,12,17H,3-4,7H2;1-2,5-6,16H,3-4,7-8H2. The number of aromatic nitrogens is 5. The molecule has 0 spiro atoms. The molecule has 0 aliphatic carbocycles. The van der Waals surface area contributed by atoms with Crippen LogP contribution in [0.4, 0.5) is 0 Å². The number of carbonyl (C=O) groups is 5. The van der Waals surface area contributed by atoms with Gasteiger partial charge in [0, 0.05) is 137 Å². The van der Waals surface area contributed by atoms with Crippen LogP contribution in [0.5, 0.6) is 0 Å². The highest BCUT2D eigenvalue weighted by Gasteiger charge is 2.33. The van der Waals surface area contributed by atoms with Crippen molar-refractivity contribution in [2.45, 2.75) is 69.5 Å². The number of pyridine rings is 5. The number of rotatable bonds is 24. The lowest BCUT2D eigenvalue weighted by Crippen LogP contribution is -2.34. The Labute approximate surface area is 590 Å². The fraction of sp³-hybridized carbons (Fsp3) is 0.365. The lowest BCUT2D eigenvalue weighted by Gasteiger charge is -2.33. The molecule has 0 bridgehead atoms. The summed E-state index contributed by atoms with van der Waals surface area (Å²) in [5, 5.41) is 20.0. The van der Waals surface area contributed by atoms with E-state index in [9.17, 15) is 24.0 Å². The average molecular weight is 1570 g/mol. The molecule has 93 heavy (non-hydrogen) atoms. The normalized spacial score (nSPS) is 16.6. The van der Waals surface area contributed by atoms with Crippen LogP contribution in [0, 0.1) is 0 Å². The number of cyclic esters (lactones) is 4. The van der Waals surface area contributed by atoms with Crippen molar-refractivity contribution >= 4 is 138 Å². The summed E-state index contributed by atoms with van der Waals surface area (Å²) in [6, 6.07) is 18.2. The summed E-state index contributed by atoms with van der Waals surface area (Å²) in [6.07, 6.45) is 20.0. The molecule has 0 radical (unpaired) electrons. The minimum Gasteiger partial charge on any atom is -0.456 e. The summed E-state index contributed by atoms with van der Waals surface area (Å²) < 4.78 is 26.1. The van der Waals surface area contributed by atoms with Gasteiger partial charge in [0.25, 0.3) is 0 Å². The number of piperidine rings is 1. The minimum absolute atomic E-state index is 0.00650. The first-order valence-corrected chi connectivity index (χ1v) is 34.0. The molecule has 5 aromatic rings. The van der Waals surface area contributed by atoms with Crippen molar-refractivity contribution in [3.8, 4) is 0 Å². The summed E-state index contributed by atoms with van der Waals surface area (Å²) in [4.78, 5) is 86.2. The van der Waals surface area contributed by atoms with Crippen molar-refractivity contribution in [1.82, 2.24) is 49.4 Å². The van der Waals surface area contributed by atoms with Crippen LogP contribution in [0.2, 0.25) is 25.8 Å². The fourth-order valence-corrected chi connectivity index (χ4v) is 11.2. The van der Waals surface area contributed by atoms with Gasteiger partial charge in [-0.05, 0) is 99.8 Å². The van der Waals surface area contributed by atoms with E-state index in [2.05, 4.69) is 78.1 Å². The Morgan fingerprint density at radius 3 is 1.25 bits per heavy atom. The van der Waals surface area contributed by atoms with E-state index in [1.165, 1.54) is 18.2 Å². The number of carbonyl (C=O) groups excluding carboxylic acids is 5. The maximum Gasteiger partial charge on any atom is 0.334 e. The highest BCUT2D eigenvalue weighted by molar-refractivity contribution is 14.1. The quantitative estimate of drug-likeness (QED) is 0.0191. The maximum atomic E-state index is 11.3. The number of nitrogens with zero attached hydrogens (tertiary/aromatic N) is 10. The lowest BCUT2D eigenvalue weighted by atomic mass is 10.0. The molecule has 6 aliphatic heterocycles. The number of hydrogen-bond donors (Lipinski definition) is 2. The van der Waals surface area contributed by atoms with Gasteiger partial charge >= 0.3 is 29.8 Å². The first kappa shape index (κ1) is 74.1. The van der Waals surface area contributed by atoms with Gasteiger partial charge in [-0.25, -0.2) is 48.9 Å². The smallest absolute Gasteiger partial charge is 0.334 e. The number of hydrogen-bond acceptors (Lipinski definition) is 22. The van der Waals surface area contributed by atoms with Crippen LogP contribution in [-0.4, -0.2) is 177 Å². The number of alkyl halides is 3. The van der Waals surface area contributed by atoms with Gasteiger partial charge in [-0.15, -0.1) is 11.6 Å². The van der Waals surface area contributed by atoms with Gasteiger partial charge in [0.15, 0.2) is 5.01 Å². The highest BCUT2D eigenvalue weighted by Crippen LogP contribution is 2.31. The molecule has 2 unspecified atom stereocenters. The molecule has 0 saturated carbocycles. The third-order valence-corrected chi connectivity index (χ3v) is 16.8. The molecule has 11 rings (SSSR count). The van der Waals surface area contributed by atoms with E-state index >= 15 is 0 Å². The summed E-state index contributed by atoms with van der Waals surface area (Å²) in [6.45, 7) is 7.53. The van der Waals surface area contributed by atoms with Gasteiger partial charge in [0.05, 0.1) is 41.7 Å². The molecule has 0 amide bonds. The molecule has 496 valence electrons. The molecule has 0 aromatic carbocycles. The second kappa shape index (κ2) is 38.9. The Kier molecular flexibility index (Phi) is 31.0. The van der Waals surface area contributed by atoms with E-state index in [1.54, 1.807) is 73.5 Å². The average Bonchev–Trinajstić information content (AvgIpc) is 1.75. The molecule has 1 fully saturated rings. The number of esters is 5. The zero-order valence-electron chi connectivity index (χ0n) is 50.0. The van der Waals surface area contributed by atoms with E-state index < -0.39 is 11.0 Å². The van der Waals surface area contributed by atoms with E-state index in [4.69, 9.17) is 104 Å².